The molecule has 0 heterocycles. The van der Waals surface area contributed by atoms with Gasteiger partial charge in [-0.05, 0) is 32.6 Å². The van der Waals surface area contributed by atoms with E-state index in [0.717, 1.165) is 31.7 Å². The molecule has 0 amide bonds. The van der Waals surface area contributed by atoms with Crippen LogP contribution in [-0.4, -0.2) is 56.8 Å². The SMILES string of the molecule is CCCN(CCN(C)C)c1cc(OC)ccc1C(=O)O. The molecule has 5 heteroatoms. The second-order valence-electron chi connectivity index (χ2n) is 4.98. The predicted octanol–water partition coefficient (Wildman–Crippen LogP) is 2.17. The Kier molecular flexibility index (Phi) is 6.31. The quantitative estimate of drug-likeness (QED) is 0.791. The van der Waals surface area contributed by atoms with E-state index in [1.165, 1.54) is 0 Å². The van der Waals surface area contributed by atoms with Gasteiger partial charge in [0, 0.05) is 25.7 Å². The molecule has 0 unspecified atom stereocenters. The van der Waals surface area contributed by atoms with Gasteiger partial charge in [0.05, 0.1) is 18.4 Å². The Bertz CT molecular complexity index is 447. The first-order valence-electron chi connectivity index (χ1n) is 6.80. The molecular formula is C15H24N2O3. The van der Waals surface area contributed by atoms with Crippen molar-refractivity contribution in [1.82, 2.24) is 4.90 Å². The number of benzene rings is 1. The maximum absolute atomic E-state index is 11.4. The van der Waals surface area contributed by atoms with Crippen molar-refractivity contribution in [3.63, 3.8) is 0 Å². The number of hydrogen-bond donors (Lipinski definition) is 1. The van der Waals surface area contributed by atoms with Gasteiger partial charge in [-0.15, -0.1) is 0 Å². The number of rotatable bonds is 8. The third-order valence-corrected chi connectivity index (χ3v) is 3.09. The molecule has 1 N–H and O–H groups in total. The van der Waals surface area contributed by atoms with Crippen LogP contribution in [0.4, 0.5) is 5.69 Å². The smallest absolute Gasteiger partial charge is 0.337 e. The van der Waals surface area contributed by atoms with Crippen LogP contribution < -0.4 is 9.64 Å². The van der Waals surface area contributed by atoms with Crippen molar-refractivity contribution >= 4 is 11.7 Å². The highest BCUT2D eigenvalue weighted by Crippen LogP contribution is 2.26. The highest BCUT2D eigenvalue weighted by Gasteiger charge is 2.16. The first-order valence-corrected chi connectivity index (χ1v) is 6.80. The maximum atomic E-state index is 11.4. The number of carbonyl (C=O) groups is 1. The van der Waals surface area contributed by atoms with E-state index in [4.69, 9.17) is 4.74 Å². The first kappa shape index (κ1) is 16.3. The summed E-state index contributed by atoms with van der Waals surface area (Å²) in [4.78, 5) is 15.6. The first-order chi connectivity index (χ1) is 9.49. The Labute approximate surface area is 120 Å². The van der Waals surface area contributed by atoms with Gasteiger partial charge in [0.15, 0.2) is 0 Å². The number of methoxy groups -OCH3 is 1. The highest BCUT2D eigenvalue weighted by atomic mass is 16.5. The number of carboxylic acids is 1. The zero-order chi connectivity index (χ0) is 15.1. The molecule has 1 rings (SSSR count). The number of hydrogen-bond acceptors (Lipinski definition) is 4. The fraction of sp³-hybridized carbons (Fsp3) is 0.533. The van der Waals surface area contributed by atoms with Crippen LogP contribution >= 0.6 is 0 Å². The van der Waals surface area contributed by atoms with Gasteiger partial charge in [-0.1, -0.05) is 6.92 Å². The number of anilines is 1. The average Bonchev–Trinajstić information content (AvgIpc) is 2.42. The third kappa shape index (κ3) is 4.42. The van der Waals surface area contributed by atoms with Crippen molar-refractivity contribution in [3.8, 4) is 5.75 Å². The molecular weight excluding hydrogens is 256 g/mol. The second kappa shape index (κ2) is 7.75. The van der Waals surface area contributed by atoms with Gasteiger partial charge in [-0.2, -0.15) is 0 Å². The number of carboxylic acid groups (broad SMARTS) is 1. The van der Waals surface area contributed by atoms with E-state index < -0.39 is 5.97 Å². The Morgan fingerprint density at radius 3 is 2.45 bits per heavy atom. The van der Waals surface area contributed by atoms with Gasteiger partial charge in [-0.3, -0.25) is 0 Å². The predicted molar refractivity (Wildman–Crippen MR) is 81.0 cm³/mol. The summed E-state index contributed by atoms with van der Waals surface area (Å²) in [6.07, 6.45) is 0.962. The van der Waals surface area contributed by atoms with E-state index >= 15 is 0 Å². The molecule has 0 radical (unpaired) electrons. The van der Waals surface area contributed by atoms with E-state index in [9.17, 15) is 9.90 Å². The van der Waals surface area contributed by atoms with E-state index in [1.54, 1.807) is 25.3 Å². The lowest BCUT2D eigenvalue weighted by Crippen LogP contribution is -2.33. The zero-order valence-corrected chi connectivity index (χ0v) is 12.7. The topological polar surface area (TPSA) is 53.0 Å². The molecule has 0 aliphatic heterocycles. The third-order valence-electron chi connectivity index (χ3n) is 3.09. The molecule has 0 spiro atoms. The lowest BCUT2D eigenvalue weighted by atomic mass is 10.1. The normalized spacial score (nSPS) is 10.7. The number of nitrogens with zero attached hydrogens (tertiary/aromatic N) is 2. The van der Waals surface area contributed by atoms with E-state index in [-0.39, 0.29) is 0 Å². The standard InChI is InChI=1S/C15H24N2O3/c1-5-8-17(10-9-16(2)3)14-11-12(20-4)6-7-13(14)15(18)19/h6-7,11H,5,8-10H2,1-4H3,(H,18,19). The minimum Gasteiger partial charge on any atom is -0.497 e. The van der Waals surface area contributed by atoms with Crippen LogP contribution in [0, 0.1) is 0 Å². The van der Waals surface area contributed by atoms with Crippen molar-refractivity contribution in [2.24, 2.45) is 0 Å². The minimum atomic E-state index is -0.909. The fourth-order valence-corrected chi connectivity index (χ4v) is 2.02. The van der Waals surface area contributed by atoms with Gasteiger partial charge in [0.2, 0.25) is 0 Å². The Balaban J connectivity index is 3.10. The summed E-state index contributed by atoms with van der Waals surface area (Å²) < 4.78 is 5.21. The summed E-state index contributed by atoms with van der Waals surface area (Å²) in [6.45, 7) is 4.56. The summed E-state index contributed by atoms with van der Waals surface area (Å²) in [6, 6.07) is 5.09. The highest BCUT2D eigenvalue weighted by molar-refractivity contribution is 5.94. The van der Waals surface area contributed by atoms with Crippen LogP contribution in [0.3, 0.4) is 0 Å². The summed E-state index contributed by atoms with van der Waals surface area (Å²) in [5.41, 5.74) is 1.04. The minimum absolute atomic E-state index is 0.318. The molecule has 20 heavy (non-hydrogen) atoms. The van der Waals surface area contributed by atoms with Gasteiger partial charge in [0.25, 0.3) is 0 Å². The van der Waals surface area contributed by atoms with Crippen molar-refractivity contribution in [3.05, 3.63) is 23.8 Å². The number of aromatic carboxylic acids is 1. The summed E-state index contributed by atoms with van der Waals surface area (Å²) in [5, 5.41) is 9.35. The molecule has 0 atom stereocenters. The molecule has 0 saturated heterocycles. The molecule has 0 bridgehead atoms. The van der Waals surface area contributed by atoms with Gasteiger partial charge < -0.3 is 19.6 Å². The van der Waals surface area contributed by atoms with Crippen molar-refractivity contribution in [1.29, 1.82) is 0 Å². The number of likely N-dealkylation sites (N-methyl/N-ethyl adjacent to an activating group) is 1. The summed E-state index contributed by atoms with van der Waals surface area (Å²) in [7, 11) is 5.60. The summed E-state index contributed by atoms with van der Waals surface area (Å²) >= 11 is 0. The molecule has 0 aliphatic carbocycles. The lowest BCUT2D eigenvalue weighted by molar-refractivity contribution is 0.0697. The fourth-order valence-electron chi connectivity index (χ4n) is 2.02. The van der Waals surface area contributed by atoms with E-state index in [2.05, 4.69) is 16.7 Å². The van der Waals surface area contributed by atoms with Crippen LogP contribution in [0.5, 0.6) is 5.75 Å². The van der Waals surface area contributed by atoms with E-state index in [1.807, 2.05) is 14.1 Å². The lowest BCUT2D eigenvalue weighted by Gasteiger charge is -2.27. The van der Waals surface area contributed by atoms with Crippen molar-refractivity contribution in [2.75, 3.05) is 45.7 Å². The molecule has 1 aromatic rings. The van der Waals surface area contributed by atoms with Crippen LogP contribution in [-0.2, 0) is 0 Å². The average molecular weight is 280 g/mol. The van der Waals surface area contributed by atoms with Gasteiger partial charge in [0.1, 0.15) is 5.75 Å². The zero-order valence-electron chi connectivity index (χ0n) is 12.7. The maximum Gasteiger partial charge on any atom is 0.337 e. The van der Waals surface area contributed by atoms with Crippen LogP contribution in [0.2, 0.25) is 0 Å². The molecule has 1 aromatic carbocycles. The molecule has 112 valence electrons. The van der Waals surface area contributed by atoms with E-state index in [0.29, 0.717) is 11.3 Å². The van der Waals surface area contributed by atoms with Crippen LogP contribution in [0.1, 0.15) is 23.7 Å². The van der Waals surface area contributed by atoms with Crippen LogP contribution in [0.25, 0.3) is 0 Å². The van der Waals surface area contributed by atoms with Gasteiger partial charge >= 0.3 is 5.97 Å². The second-order valence-corrected chi connectivity index (χ2v) is 4.98. The molecule has 0 saturated carbocycles. The monoisotopic (exact) mass is 280 g/mol. The number of ether oxygens (including phenoxy) is 1. The van der Waals surface area contributed by atoms with Crippen molar-refractivity contribution < 1.29 is 14.6 Å². The largest absolute Gasteiger partial charge is 0.497 e. The Morgan fingerprint density at radius 2 is 1.95 bits per heavy atom. The molecule has 5 nitrogen and oxygen atoms in total. The summed E-state index contributed by atoms with van der Waals surface area (Å²) in [5.74, 6) is -0.232. The van der Waals surface area contributed by atoms with Crippen molar-refractivity contribution in [2.45, 2.75) is 13.3 Å². The Morgan fingerprint density at radius 1 is 1.25 bits per heavy atom. The molecule has 0 fully saturated rings. The van der Waals surface area contributed by atoms with Gasteiger partial charge in [-0.25, -0.2) is 4.79 Å². The molecule has 0 aliphatic rings. The Hall–Kier alpha value is -1.75. The molecule has 0 aromatic heterocycles. The van der Waals surface area contributed by atoms with Crippen LogP contribution in [0.15, 0.2) is 18.2 Å².